The zero-order chi connectivity index (χ0) is 18.6. The zero-order valence-corrected chi connectivity index (χ0v) is 15.9. The van der Waals surface area contributed by atoms with Gasteiger partial charge in [-0.15, -0.1) is 10.2 Å². The molecule has 0 unspecified atom stereocenters. The summed E-state index contributed by atoms with van der Waals surface area (Å²) in [5.41, 5.74) is 6.67. The van der Waals surface area contributed by atoms with Crippen molar-refractivity contribution in [3.63, 3.8) is 0 Å². The Morgan fingerprint density at radius 2 is 1.85 bits per heavy atom. The van der Waals surface area contributed by atoms with Crippen molar-refractivity contribution in [3.05, 3.63) is 29.6 Å². The van der Waals surface area contributed by atoms with Crippen LogP contribution in [0.3, 0.4) is 0 Å². The third-order valence-corrected chi connectivity index (χ3v) is 5.47. The van der Waals surface area contributed by atoms with Gasteiger partial charge >= 0.3 is 0 Å². The van der Waals surface area contributed by atoms with Crippen molar-refractivity contribution in [1.82, 2.24) is 34.5 Å². The van der Waals surface area contributed by atoms with Crippen LogP contribution in [0.5, 0.6) is 0 Å². The van der Waals surface area contributed by atoms with Crippen LogP contribution in [0.1, 0.15) is 36.0 Å². The normalized spacial score (nSPS) is 22.2. The molecule has 4 rings (SSSR count). The molecule has 2 aliphatic rings. The Morgan fingerprint density at radius 3 is 2.63 bits per heavy atom. The van der Waals surface area contributed by atoms with E-state index in [4.69, 9.17) is 10.5 Å². The molecule has 2 N–H and O–H groups in total. The van der Waals surface area contributed by atoms with Crippen LogP contribution in [0.4, 0.5) is 5.95 Å². The molecule has 2 fully saturated rings. The molecular weight excluding hydrogens is 344 g/mol. The summed E-state index contributed by atoms with van der Waals surface area (Å²) in [5.74, 6) is 2.86. The minimum Gasteiger partial charge on any atom is -0.379 e. The third-order valence-electron chi connectivity index (χ3n) is 5.47. The highest BCUT2D eigenvalue weighted by molar-refractivity contribution is 5.17. The lowest BCUT2D eigenvalue weighted by Gasteiger charge is -2.32. The molecule has 27 heavy (non-hydrogen) atoms. The zero-order valence-electron chi connectivity index (χ0n) is 15.9. The van der Waals surface area contributed by atoms with E-state index in [1.165, 1.54) is 0 Å². The molecule has 0 bridgehead atoms. The topological polar surface area (TPSA) is 98.2 Å². The van der Waals surface area contributed by atoms with E-state index in [9.17, 15) is 0 Å². The maximum atomic E-state index is 5.58. The van der Waals surface area contributed by atoms with Gasteiger partial charge in [-0.1, -0.05) is 0 Å². The van der Waals surface area contributed by atoms with Crippen molar-refractivity contribution in [2.45, 2.75) is 31.8 Å². The van der Waals surface area contributed by atoms with Gasteiger partial charge in [0.1, 0.15) is 11.6 Å². The lowest BCUT2D eigenvalue weighted by atomic mass is 9.97. The Kier molecular flexibility index (Phi) is 5.61. The molecule has 1 atom stereocenters. The first-order valence-electron chi connectivity index (χ1n) is 9.66. The van der Waals surface area contributed by atoms with E-state index in [1.807, 2.05) is 12.4 Å². The van der Waals surface area contributed by atoms with Crippen LogP contribution in [0, 0.1) is 0 Å². The van der Waals surface area contributed by atoms with E-state index < -0.39 is 0 Å². The highest BCUT2D eigenvalue weighted by Crippen LogP contribution is 2.27. The van der Waals surface area contributed by atoms with Gasteiger partial charge in [0.05, 0.1) is 19.8 Å². The standard InChI is InChI=1S/C18H28N8O/c1-24-16(13-25-5-7-27-8-6-25)22-23-17(24)15-3-2-4-26(12-15)11-14-9-20-18(19)21-10-14/h9-10,15H,2-8,11-13H2,1H3,(H2,19,20,21)/t15-/m1/s1. The maximum Gasteiger partial charge on any atom is 0.219 e. The Morgan fingerprint density at radius 1 is 1.07 bits per heavy atom. The van der Waals surface area contributed by atoms with Gasteiger partial charge in [0.25, 0.3) is 0 Å². The molecule has 4 heterocycles. The lowest BCUT2D eigenvalue weighted by molar-refractivity contribution is 0.0326. The molecule has 2 aromatic rings. The van der Waals surface area contributed by atoms with E-state index in [1.54, 1.807) is 0 Å². The first-order chi connectivity index (χ1) is 13.2. The van der Waals surface area contributed by atoms with E-state index in [0.29, 0.717) is 11.9 Å². The SMILES string of the molecule is Cn1c(CN2CCOCC2)nnc1[C@@H]1CCCN(Cc2cnc(N)nc2)C1. The number of hydrogen-bond acceptors (Lipinski definition) is 8. The monoisotopic (exact) mass is 372 g/mol. The number of nitrogen functional groups attached to an aromatic ring is 1. The van der Waals surface area contributed by atoms with Crippen molar-refractivity contribution in [2.75, 3.05) is 45.1 Å². The fraction of sp³-hybridized carbons (Fsp3) is 0.667. The molecule has 146 valence electrons. The molecule has 2 saturated heterocycles. The van der Waals surface area contributed by atoms with Crippen LogP contribution < -0.4 is 5.73 Å². The van der Waals surface area contributed by atoms with Crippen LogP contribution in [-0.2, 0) is 24.9 Å². The Hall–Kier alpha value is -2.10. The van der Waals surface area contributed by atoms with E-state index in [2.05, 4.69) is 41.6 Å². The van der Waals surface area contributed by atoms with Crippen LogP contribution in [0.2, 0.25) is 0 Å². The predicted octanol–water partition coefficient (Wildman–Crippen LogP) is 0.399. The second-order valence-electron chi connectivity index (χ2n) is 7.45. The minimum atomic E-state index is 0.321. The number of nitrogens with two attached hydrogens (primary N) is 1. The van der Waals surface area contributed by atoms with Crippen LogP contribution >= 0.6 is 0 Å². The minimum absolute atomic E-state index is 0.321. The molecule has 0 aliphatic carbocycles. The first-order valence-corrected chi connectivity index (χ1v) is 9.66. The Labute approximate surface area is 159 Å². The number of aromatic nitrogens is 5. The molecule has 0 amide bonds. The number of likely N-dealkylation sites (tertiary alicyclic amines) is 1. The fourth-order valence-electron chi connectivity index (χ4n) is 3.94. The van der Waals surface area contributed by atoms with E-state index in [0.717, 1.165) is 82.5 Å². The van der Waals surface area contributed by atoms with Gasteiger partial charge < -0.3 is 15.0 Å². The maximum absolute atomic E-state index is 5.58. The molecule has 2 aromatic heterocycles. The highest BCUT2D eigenvalue weighted by atomic mass is 16.5. The number of anilines is 1. The number of nitrogens with zero attached hydrogens (tertiary/aromatic N) is 7. The van der Waals surface area contributed by atoms with E-state index in [-0.39, 0.29) is 0 Å². The number of ether oxygens (including phenoxy) is 1. The number of piperidine rings is 1. The van der Waals surface area contributed by atoms with Gasteiger partial charge in [-0.2, -0.15) is 0 Å². The van der Waals surface area contributed by atoms with Crippen LogP contribution in [-0.4, -0.2) is 73.9 Å². The summed E-state index contributed by atoms with van der Waals surface area (Å²) in [6.45, 7) is 7.27. The summed E-state index contributed by atoms with van der Waals surface area (Å²) in [4.78, 5) is 13.0. The molecule has 0 radical (unpaired) electrons. The molecule has 0 saturated carbocycles. The van der Waals surface area contributed by atoms with Gasteiger partial charge in [-0.05, 0) is 19.4 Å². The molecule has 9 nitrogen and oxygen atoms in total. The van der Waals surface area contributed by atoms with E-state index >= 15 is 0 Å². The fourth-order valence-corrected chi connectivity index (χ4v) is 3.94. The molecule has 0 spiro atoms. The van der Waals surface area contributed by atoms with Gasteiger partial charge in [0, 0.05) is 57.1 Å². The van der Waals surface area contributed by atoms with Crippen molar-refractivity contribution >= 4 is 5.95 Å². The Bertz CT molecular complexity index is 740. The molecular formula is C18H28N8O. The van der Waals surface area contributed by atoms with Crippen LogP contribution in [0.15, 0.2) is 12.4 Å². The summed E-state index contributed by atoms with van der Waals surface area (Å²) in [7, 11) is 2.10. The van der Waals surface area contributed by atoms with Crippen LogP contribution in [0.25, 0.3) is 0 Å². The smallest absolute Gasteiger partial charge is 0.219 e. The predicted molar refractivity (Wildman–Crippen MR) is 101 cm³/mol. The van der Waals surface area contributed by atoms with Crippen molar-refractivity contribution in [3.8, 4) is 0 Å². The number of morpholine rings is 1. The third kappa shape index (κ3) is 4.42. The Balaban J connectivity index is 1.39. The largest absolute Gasteiger partial charge is 0.379 e. The molecule has 2 aliphatic heterocycles. The van der Waals surface area contributed by atoms with Gasteiger partial charge in [0.2, 0.25) is 5.95 Å². The average molecular weight is 372 g/mol. The average Bonchev–Trinajstić information content (AvgIpc) is 3.05. The summed E-state index contributed by atoms with van der Waals surface area (Å²) in [5, 5.41) is 9.03. The molecule has 0 aromatic carbocycles. The van der Waals surface area contributed by atoms with Crippen molar-refractivity contribution in [2.24, 2.45) is 7.05 Å². The number of rotatable bonds is 5. The second-order valence-corrected chi connectivity index (χ2v) is 7.45. The van der Waals surface area contributed by atoms with Gasteiger partial charge in [-0.25, -0.2) is 9.97 Å². The van der Waals surface area contributed by atoms with Crippen molar-refractivity contribution in [1.29, 1.82) is 0 Å². The summed E-state index contributed by atoms with van der Waals surface area (Å²) in [6, 6.07) is 0. The number of hydrogen-bond donors (Lipinski definition) is 1. The molecule has 9 heteroatoms. The van der Waals surface area contributed by atoms with Gasteiger partial charge in [-0.3, -0.25) is 9.80 Å². The quantitative estimate of drug-likeness (QED) is 0.805. The summed E-state index contributed by atoms with van der Waals surface area (Å²) < 4.78 is 7.62. The second kappa shape index (κ2) is 8.28. The first kappa shape index (κ1) is 18.3. The van der Waals surface area contributed by atoms with Crippen molar-refractivity contribution < 1.29 is 4.74 Å². The highest BCUT2D eigenvalue weighted by Gasteiger charge is 2.26. The van der Waals surface area contributed by atoms with Gasteiger partial charge in [0.15, 0.2) is 0 Å². The summed E-state index contributed by atoms with van der Waals surface area (Å²) in [6.07, 6.45) is 5.94. The summed E-state index contributed by atoms with van der Waals surface area (Å²) >= 11 is 0. The lowest BCUT2D eigenvalue weighted by Crippen LogP contribution is -2.36.